The van der Waals surface area contributed by atoms with Crippen LogP contribution in [0, 0.1) is 11.8 Å². The number of rotatable bonds is 4. The maximum Gasteiger partial charge on any atom is 0.199 e. The van der Waals surface area contributed by atoms with Crippen molar-refractivity contribution in [2.24, 2.45) is 11.8 Å². The zero-order chi connectivity index (χ0) is 18.4. The third-order valence-electron chi connectivity index (χ3n) is 6.42. The monoisotopic (exact) mass is 354 g/mol. The lowest BCUT2D eigenvalue weighted by atomic mass is 9.88. The molecule has 0 saturated carbocycles. The molecule has 2 heteroatoms. The van der Waals surface area contributed by atoms with Gasteiger partial charge in [-0.25, -0.2) is 0 Å². The topological polar surface area (TPSA) is 9.23 Å². The van der Waals surface area contributed by atoms with Gasteiger partial charge in [-0.3, -0.25) is 0 Å². The van der Waals surface area contributed by atoms with Crippen LogP contribution in [0.5, 0.6) is 0 Å². The molecule has 1 heterocycles. The molecule has 1 aromatic rings. The van der Waals surface area contributed by atoms with Gasteiger partial charge in [-0.15, -0.1) is 0 Å². The fraction of sp³-hybridized carbons (Fsp3) is 0.565. The van der Waals surface area contributed by atoms with Gasteiger partial charge in [-0.1, -0.05) is 78.5 Å². The molecular weight excluding hydrogens is 320 g/mol. The Kier molecular flexibility index (Phi) is 5.14. The van der Waals surface area contributed by atoms with Crippen LogP contribution in [-0.4, -0.2) is 14.4 Å². The highest BCUT2D eigenvalue weighted by Crippen LogP contribution is 2.55. The van der Waals surface area contributed by atoms with Crippen molar-refractivity contribution >= 4 is 13.9 Å². The summed E-state index contributed by atoms with van der Waals surface area (Å²) >= 11 is 0. The van der Waals surface area contributed by atoms with E-state index in [9.17, 15) is 0 Å². The average Bonchev–Trinajstić information content (AvgIpc) is 2.89. The van der Waals surface area contributed by atoms with Gasteiger partial charge in [0, 0.05) is 0 Å². The largest absolute Gasteiger partial charge is 0.409 e. The molecule has 2 atom stereocenters. The Morgan fingerprint density at radius 1 is 1.00 bits per heavy atom. The van der Waals surface area contributed by atoms with E-state index in [1.807, 2.05) is 0 Å². The van der Waals surface area contributed by atoms with Gasteiger partial charge in [0.15, 0.2) is 8.32 Å². The van der Waals surface area contributed by atoms with Crippen LogP contribution in [0.15, 0.2) is 48.1 Å². The molecule has 1 aliphatic heterocycles. The lowest BCUT2D eigenvalue weighted by molar-refractivity contribution is 0.136. The number of hydrogen-bond donors (Lipinski definition) is 0. The first-order chi connectivity index (χ1) is 11.8. The predicted molar refractivity (Wildman–Crippen MR) is 111 cm³/mol. The SMILES string of the molecule is C=C1CC2C[Si](C(C)C)(C(C)C)OC(C(C)C)C2=C1c1ccccc1. The summed E-state index contributed by atoms with van der Waals surface area (Å²) in [6.07, 6.45) is 1.38. The number of allylic oxidation sites excluding steroid dienone is 2. The summed E-state index contributed by atoms with van der Waals surface area (Å²) in [7, 11) is -1.78. The predicted octanol–water partition coefficient (Wildman–Crippen LogP) is 6.84. The summed E-state index contributed by atoms with van der Waals surface area (Å²) in [5.74, 6) is 1.15. The molecule has 0 bridgehead atoms. The highest BCUT2D eigenvalue weighted by molar-refractivity contribution is 6.76. The summed E-state index contributed by atoms with van der Waals surface area (Å²) in [5, 5.41) is 0. The van der Waals surface area contributed by atoms with E-state index in [-0.39, 0.29) is 6.10 Å². The number of fused-ring (bicyclic) bond motifs is 1. The molecule has 1 aromatic carbocycles. The molecule has 1 fully saturated rings. The third kappa shape index (κ3) is 3.08. The van der Waals surface area contributed by atoms with Crippen LogP contribution in [0.25, 0.3) is 5.57 Å². The molecule has 3 rings (SSSR count). The van der Waals surface area contributed by atoms with Crippen molar-refractivity contribution in [3.8, 4) is 0 Å². The minimum absolute atomic E-state index is 0.254. The smallest absolute Gasteiger partial charge is 0.199 e. The van der Waals surface area contributed by atoms with E-state index >= 15 is 0 Å². The van der Waals surface area contributed by atoms with Crippen LogP contribution in [0.3, 0.4) is 0 Å². The molecule has 0 radical (unpaired) electrons. The Bertz CT molecular complexity index is 661. The lowest BCUT2D eigenvalue weighted by Gasteiger charge is -2.49. The molecule has 25 heavy (non-hydrogen) atoms. The highest BCUT2D eigenvalue weighted by atomic mass is 28.4. The van der Waals surface area contributed by atoms with Gasteiger partial charge in [-0.05, 0) is 57.7 Å². The van der Waals surface area contributed by atoms with Crippen LogP contribution in [-0.2, 0) is 4.43 Å². The second-order valence-electron chi connectivity index (χ2n) is 8.95. The molecule has 0 amide bonds. The van der Waals surface area contributed by atoms with E-state index in [4.69, 9.17) is 4.43 Å². The van der Waals surface area contributed by atoms with Crippen LogP contribution in [0.4, 0.5) is 0 Å². The first kappa shape index (κ1) is 18.7. The molecular formula is C23H34OSi. The fourth-order valence-electron chi connectivity index (χ4n) is 5.09. The fourth-order valence-corrected chi connectivity index (χ4v) is 10.0. The Morgan fingerprint density at radius 3 is 2.12 bits per heavy atom. The van der Waals surface area contributed by atoms with Crippen LogP contribution in [0.2, 0.25) is 17.1 Å². The zero-order valence-electron chi connectivity index (χ0n) is 16.8. The molecule has 0 spiro atoms. The van der Waals surface area contributed by atoms with Crippen LogP contribution >= 0.6 is 0 Å². The first-order valence-corrected chi connectivity index (χ1v) is 12.2. The quantitative estimate of drug-likeness (QED) is 0.538. The second-order valence-corrected chi connectivity index (χ2v) is 13.8. The summed E-state index contributed by atoms with van der Waals surface area (Å²) in [6.45, 7) is 18.7. The second kappa shape index (κ2) is 6.89. The van der Waals surface area contributed by atoms with Crippen LogP contribution in [0.1, 0.15) is 53.5 Å². The number of hydrogen-bond acceptors (Lipinski definition) is 1. The third-order valence-corrected chi connectivity index (χ3v) is 12.1. The molecule has 0 aromatic heterocycles. The zero-order valence-corrected chi connectivity index (χ0v) is 17.8. The van der Waals surface area contributed by atoms with E-state index in [1.54, 1.807) is 5.57 Å². The highest BCUT2D eigenvalue weighted by Gasteiger charge is 2.53. The Morgan fingerprint density at radius 2 is 1.60 bits per heavy atom. The van der Waals surface area contributed by atoms with Crippen molar-refractivity contribution in [1.82, 2.24) is 0 Å². The molecule has 1 saturated heterocycles. The number of benzene rings is 1. The van der Waals surface area contributed by atoms with Crippen molar-refractivity contribution in [1.29, 1.82) is 0 Å². The summed E-state index contributed by atoms with van der Waals surface area (Å²) in [6, 6.07) is 12.1. The Hall–Kier alpha value is -1.12. The summed E-state index contributed by atoms with van der Waals surface area (Å²) < 4.78 is 7.11. The standard InChI is InChI=1S/C23H34OSi/c1-15(2)23-22-20(14-25(24-23,16(3)4)17(5)6)13-18(7)21(22)19-11-9-8-10-12-19/h8-12,15-17,20,23H,7,13-14H2,1-6H3. The van der Waals surface area contributed by atoms with Crippen LogP contribution < -0.4 is 0 Å². The van der Waals surface area contributed by atoms with Gasteiger partial charge in [0.25, 0.3) is 0 Å². The van der Waals surface area contributed by atoms with Gasteiger partial charge in [-0.2, -0.15) is 0 Å². The van der Waals surface area contributed by atoms with Gasteiger partial charge >= 0.3 is 0 Å². The van der Waals surface area contributed by atoms with Crippen molar-refractivity contribution in [2.75, 3.05) is 0 Å². The first-order valence-electron chi connectivity index (χ1n) is 9.93. The maximum atomic E-state index is 7.11. The molecule has 1 aliphatic carbocycles. The van der Waals surface area contributed by atoms with Crippen molar-refractivity contribution in [3.63, 3.8) is 0 Å². The molecule has 0 N–H and O–H groups in total. The normalized spacial score (nSPS) is 26.0. The van der Waals surface area contributed by atoms with E-state index in [2.05, 4.69) is 78.5 Å². The van der Waals surface area contributed by atoms with E-state index < -0.39 is 8.32 Å². The van der Waals surface area contributed by atoms with Gasteiger partial charge in [0.1, 0.15) is 0 Å². The summed E-state index contributed by atoms with van der Waals surface area (Å²) in [5.41, 5.74) is 6.91. The Labute approximate surface area is 155 Å². The Balaban J connectivity index is 2.13. The van der Waals surface area contributed by atoms with E-state index in [1.165, 1.54) is 22.8 Å². The molecule has 2 aliphatic rings. The van der Waals surface area contributed by atoms with Crippen molar-refractivity contribution < 1.29 is 4.43 Å². The van der Waals surface area contributed by atoms with Crippen molar-refractivity contribution in [2.45, 2.75) is 71.2 Å². The minimum atomic E-state index is -1.78. The van der Waals surface area contributed by atoms with Crippen molar-refractivity contribution in [3.05, 3.63) is 53.6 Å². The minimum Gasteiger partial charge on any atom is -0.409 e. The average molecular weight is 355 g/mol. The van der Waals surface area contributed by atoms with Gasteiger partial charge < -0.3 is 4.43 Å². The molecule has 136 valence electrons. The van der Waals surface area contributed by atoms with Gasteiger partial charge in [0.2, 0.25) is 0 Å². The van der Waals surface area contributed by atoms with Gasteiger partial charge in [0.05, 0.1) is 6.10 Å². The molecule has 1 nitrogen and oxygen atoms in total. The van der Waals surface area contributed by atoms with E-state index in [0.29, 0.717) is 22.9 Å². The molecule has 2 unspecified atom stereocenters. The van der Waals surface area contributed by atoms with E-state index in [0.717, 1.165) is 6.42 Å². The lowest BCUT2D eigenvalue weighted by Crippen LogP contribution is -2.54. The summed E-state index contributed by atoms with van der Waals surface area (Å²) in [4.78, 5) is 0. The maximum absolute atomic E-state index is 7.11.